The summed E-state index contributed by atoms with van der Waals surface area (Å²) in [6.07, 6.45) is 0.306. The van der Waals surface area contributed by atoms with Gasteiger partial charge < -0.3 is 10.1 Å². The van der Waals surface area contributed by atoms with Crippen LogP contribution >= 0.6 is 11.6 Å². The predicted octanol–water partition coefficient (Wildman–Crippen LogP) is 2.82. The quantitative estimate of drug-likeness (QED) is 0.798. The normalized spacial score (nSPS) is 20.7. The second-order valence-electron chi connectivity index (χ2n) is 3.62. The van der Waals surface area contributed by atoms with Crippen molar-refractivity contribution in [3.8, 4) is 0 Å². The number of rotatable bonds is 1. The molecule has 0 aliphatic carbocycles. The maximum Gasteiger partial charge on any atom is 0.407 e. The maximum atomic E-state index is 11.0. The van der Waals surface area contributed by atoms with Crippen LogP contribution in [0.4, 0.5) is 4.79 Å². The molecule has 15 heavy (non-hydrogen) atoms. The minimum absolute atomic E-state index is 0.144. The van der Waals surface area contributed by atoms with E-state index in [0.29, 0.717) is 6.54 Å². The number of carbonyl (C=O) groups excluding carboxylic acids is 1. The molecule has 1 N–H and O–H groups in total. The molecule has 0 aromatic heterocycles. The van der Waals surface area contributed by atoms with Crippen LogP contribution in [0.15, 0.2) is 18.2 Å². The van der Waals surface area contributed by atoms with Crippen LogP contribution < -0.4 is 5.32 Å². The van der Waals surface area contributed by atoms with Crippen molar-refractivity contribution in [2.75, 3.05) is 6.54 Å². The first-order valence-electron chi connectivity index (χ1n) is 4.87. The number of amides is 1. The molecule has 0 spiro atoms. The summed E-state index contributed by atoms with van der Waals surface area (Å²) >= 11 is 5.93. The highest BCUT2D eigenvalue weighted by Gasteiger charge is 2.21. The van der Waals surface area contributed by atoms with Crippen molar-refractivity contribution in [2.24, 2.45) is 0 Å². The van der Waals surface area contributed by atoms with Crippen LogP contribution in [0.2, 0.25) is 5.02 Å². The van der Waals surface area contributed by atoms with Crippen molar-refractivity contribution in [3.05, 3.63) is 34.3 Å². The minimum atomic E-state index is -0.348. The number of alkyl carbamates (subject to hydrolysis) is 1. The molecule has 0 bridgehead atoms. The van der Waals surface area contributed by atoms with Gasteiger partial charge in [-0.3, -0.25) is 0 Å². The summed E-state index contributed by atoms with van der Waals surface area (Å²) in [5.74, 6) is 0. The highest BCUT2D eigenvalue weighted by Crippen LogP contribution is 2.26. The lowest BCUT2D eigenvalue weighted by atomic mass is 10.0. The van der Waals surface area contributed by atoms with Gasteiger partial charge in [-0.1, -0.05) is 23.7 Å². The average Bonchev–Trinajstić information content (AvgIpc) is 2.22. The second-order valence-corrected chi connectivity index (χ2v) is 4.03. The standard InChI is InChI=1S/C11H12ClNO2/c1-7-6-8(2-3-9(7)12)10-4-5-13-11(14)15-10/h2-3,6,10H,4-5H2,1H3,(H,13,14). The van der Waals surface area contributed by atoms with Crippen molar-refractivity contribution < 1.29 is 9.53 Å². The Balaban J connectivity index is 2.21. The van der Waals surface area contributed by atoms with Crippen molar-refractivity contribution >= 4 is 17.7 Å². The Morgan fingerprint density at radius 2 is 2.33 bits per heavy atom. The van der Waals surface area contributed by atoms with E-state index in [1.807, 2.05) is 25.1 Å². The van der Waals surface area contributed by atoms with Crippen molar-refractivity contribution in [3.63, 3.8) is 0 Å². The molecule has 1 unspecified atom stereocenters. The zero-order valence-corrected chi connectivity index (χ0v) is 9.17. The number of cyclic esters (lactones) is 1. The lowest BCUT2D eigenvalue weighted by molar-refractivity contribution is 0.0738. The minimum Gasteiger partial charge on any atom is -0.441 e. The van der Waals surface area contributed by atoms with E-state index >= 15 is 0 Å². The molecule has 4 heteroatoms. The molecule has 1 saturated heterocycles. The summed E-state index contributed by atoms with van der Waals surface area (Å²) in [5.41, 5.74) is 2.01. The van der Waals surface area contributed by atoms with Crippen molar-refractivity contribution in [2.45, 2.75) is 19.4 Å². The van der Waals surface area contributed by atoms with Gasteiger partial charge in [0, 0.05) is 18.0 Å². The summed E-state index contributed by atoms with van der Waals surface area (Å²) < 4.78 is 5.17. The van der Waals surface area contributed by atoms with Crippen LogP contribution in [0, 0.1) is 6.92 Å². The third-order valence-corrected chi connectivity index (χ3v) is 2.90. The SMILES string of the molecule is Cc1cc(C2CCNC(=O)O2)ccc1Cl. The van der Waals surface area contributed by atoms with E-state index in [0.717, 1.165) is 22.6 Å². The van der Waals surface area contributed by atoms with Gasteiger partial charge in [0.05, 0.1) is 0 Å². The third kappa shape index (κ3) is 2.23. The molecule has 0 radical (unpaired) electrons. The predicted molar refractivity (Wildman–Crippen MR) is 58.0 cm³/mol. The molecule has 1 aromatic rings. The molecule has 1 aromatic carbocycles. The Bertz CT molecular complexity index is 392. The molecule has 2 rings (SSSR count). The Kier molecular flexibility index (Phi) is 2.82. The molecule has 1 aliphatic heterocycles. The van der Waals surface area contributed by atoms with Gasteiger partial charge in [0.1, 0.15) is 6.10 Å². The van der Waals surface area contributed by atoms with E-state index in [1.54, 1.807) is 0 Å². The fourth-order valence-corrected chi connectivity index (χ4v) is 1.76. The zero-order chi connectivity index (χ0) is 10.8. The molecular weight excluding hydrogens is 214 g/mol. The van der Waals surface area contributed by atoms with Crippen LogP contribution in [0.1, 0.15) is 23.7 Å². The Morgan fingerprint density at radius 3 is 3.00 bits per heavy atom. The molecule has 0 saturated carbocycles. The van der Waals surface area contributed by atoms with Crippen LogP contribution in [-0.2, 0) is 4.74 Å². The lowest BCUT2D eigenvalue weighted by Crippen LogP contribution is -2.33. The molecule has 1 heterocycles. The average molecular weight is 226 g/mol. The van der Waals surface area contributed by atoms with Crippen LogP contribution in [0.5, 0.6) is 0 Å². The summed E-state index contributed by atoms with van der Waals surface area (Å²) in [4.78, 5) is 11.0. The number of carbonyl (C=O) groups is 1. The first-order chi connectivity index (χ1) is 7.16. The molecule has 1 aliphatic rings. The maximum absolute atomic E-state index is 11.0. The first-order valence-corrected chi connectivity index (χ1v) is 5.25. The van der Waals surface area contributed by atoms with E-state index in [1.165, 1.54) is 0 Å². The number of hydrogen-bond acceptors (Lipinski definition) is 2. The smallest absolute Gasteiger partial charge is 0.407 e. The number of ether oxygens (including phenoxy) is 1. The van der Waals surface area contributed by atoms with E-state index in [2.05, 4.69) is 5.32 Å². The monoisotopic (exact) mass is 225 g/mol. The molecule has 1 atom stereocenters. The van der Waals surface area contributed by atoms with Gasteiger partial charge in [-0.15, -0.1) is 0 Å². The second kappa shape index (κ2) is 4.11. The largest absolute Gasteiger partial charge is 0.441 e. The van der Waals surface area contributed by atoms with Crippen molar-refractivity contribution in [1.82, 2.24) is 5.32 Å². The summed E-state index contributed by atoms with van der Waals surface area (Å²) in [7, 11) is 0. The fraction of sp³-hybridized carbons (Fsp3) is 0.364. The van der Waals surface area contributed by atoms with Gasteiger partial charge in [0.25, 0.3) is 0 Å². The Hall–Kier alpha value is -1.22. The number of benzene rings is 1. The van der Waals surface area contributed by atoms with Gasteiger partial charge in [0.2, 0.25) is 0 Å². The van der Waals surface area contributed by atoms with Crippen LogP contribution in [0.25, 0.3) is 0 Å². The molecule has 1 fully saturated rings. The van der Waals surface area contributed by atoms with Gasteiger partial charge in [-0.25, -0.2) is 4.79 Å². The number of halogens is 1. The molecular formula is C11H12ClNO2. The van der Waals surface area contributed by atoms with E-state index < -0.39 is 0 Å². The fourth-order valence-electron chi connectivity index (χ4n) is 1.64. The third-order valence-electron chi connectivity index (χ3n) is 2.48. The van der Waals surface area contributed by atoms with Gasteiger partial charge in [-0.05, 0) is 24.1 Å². The summed E-state index contributed by atoms with van der Waals surface area (Å²) in [5, 5.41) is 3.36. The van der Waals surface area contributed by atoms with Gasteiger partial charge in [0.15, 0.2) is 0 Å². The van der Waals surface area contributed by atoms with Crippen molar-refractivity contribution in [1.29, 1.82) is 0 Å². The van der Waals surface area contributed by atoms with Crippen LogP contribution in [0.3, 0.4) is 0 Å². The highest BCUT2D eigenvalue weighted by atomic mass is 35.5. The lowest BCUT2D eigenvalue weighted by Gasteiger charge is -2.23. The molecule has 1 amide bonds. The van der Waals surface area contributed by atoms with E-state index in [9.17, 15) is 4.79 Å². The van der Waals surface area contributed by atoms with Gasteiger partial charge in [-0.2, -0.15) is 0 Å². The summed E-state index contributed by atoms with van der Waals surface area (Å²) in [6, 6.07) is 5.70. The van der Waals surface area contributed by atoms with Gasteiger partial charge >= 0.3 is 6.09 Å². The number of hydrogen-bond donors (Lipinski definition) is 1. The van der Waals surface area contributed by atoms with E-state index in [-0.39, 0.29) is 12.2 Å². The molecule has 3 nitrogen and oxygen atoms in total. The summed E-state index contributed by atoms with van der Waals surface area (Å²) in [6.45, 7) is 2.60. The number of nitrogens with one attached hydrogen (secondary N) is 1. The van der Waals surface area contributed by atoms with E-state index in [4.69, 9.17) is 16.3 Å². The zero-order valence-electron chi connectivity index (χ0n) is 8.42. The number of aryl methyl sites for hydroxylation is 1. The molecule has 80 valence electrons. The topological polar surface area (TPSA) is 38.3 Å². The Labute approximate surface area is 93.4 Å². The first kappa shape index (κ1) is 10.3. The highest BCUT2D eigenvalue weighted by molar-refractivity contribution is 6.31. The van der Waals surface area contributed by atoms with Crippen LogP contribution in [-0.4, -0.2) is 12.6 Å². The Morgan fingerprint density at radius 1 is 1.53 bits per heavy atom.